The van der Waals surface area contributed by atoms with Crippen LogP contribution in [0.3, 0.4) is 0 Å². The van der Waals surface area contributed by atoms with E-state index in [1.807, 2.05) is 12.1 Å². The Morgan fingerprint density at radius 3 is 2.78 bits per heavy atom. The Kier molecular flexibility index (Phi) is 5.15. The Balaban J connectivity index is 2.69. The highest BCUT2D eigenvalue weighted by atomic mass is 16.5. The Hall–Kier alpha value is -2.06. The quantitative estimate of drug-likeness (QED) is 0.793. The number of nitrogens with one attached hydrogen (secondary N) is 1. The zero-order valence-corrected chi connectivity index (χ0v) is 10.7. The summed E-state index contributed by atoms with van der Waals surface area (Å²) in [4.78, 5) is 11.2. The van der Waals surface area contributed by atoms with Gasteiger partial charge >= 0.3 is 5.97 Å². The first kappa shape index (κ1) is 14.0. The molecule has 5 heteroatoms. The lowest BCUT2D eigenvalue weighted by atomic mass is 10.1. The number of carbonyl (C=O) groups is 1. The van der Waals surface area contributed by atoms with Gasteiger partial charge in [-0.15, -0.1) is 0 Å². The third kappa shape index (κ3) is 3.47. The minimum Gasteiger partial charge on any atom is -0.495 e. The van der Waals surface area contributed by atoms with Crippen molar-refractivity contribution in [1.82, 2.24) is 5.32 Å². The van der Waals surface area contributed by atoms with Crippen LogP contribution in [0.5, 0.6) is 5.75 Å². The molecule has 96 valence electrons. The van der Waals surface area contributed by atoms with E-state index in [1.54, 1.807) is 19.1 Å². The second-order valence-corrected chi connectivity index (χ2v) is 3.77. The summed E-state index contributed by atoms with van der Waals surface area (Å²) in [5.41, 5.74) is 1.42. The Morgan fingerprint density at radius 2 is 2.22 bits per heavy atom. The lowest BCUT2D eigenvalue weighted by Crippen LogP contribution is -2.34. The fraction of sp³-hybridized carbons (Fsp3) is 0.385. The molecule has 0 aliphatic rings. The van der Waals surface area contributed by atoms with Crippen LogP contribution in [0.15, 0.2) is 18.2 Å². The van der Waals surface area contributed by atoms with E-state index in [1.165, 1.54) is 14.2 Å². The summed E-state index contributed by atoms with van der Waals surface area (Å²) >= 11 is 0. The SMILES string of the molecule is COC(=O)C(C)NCc1ccc(C#N)c(OC)c1. The zero-order valence-electron chi connectivity index (χ0n) is 10.7. The topological polar surface area (TPSA) is 71.3 Å². The molecule has 0 bridgehead atoms. The van der Waals surface area contributed by atoms with Crippen molar-refractivity contribution < 1.29 is 14.3 Å². The van der Waals surface area contributed by atoms with Crippen LogP contribution in [0.1, 0.15) is 18.1 Å². The number of methoxy groups -OCH3 is 2. The summed E-state index contributed by atoms with van der Waals surface area (Å²) in [6.45, 7) is 2.23. The summed E-state index contributed by atoms with van der Waals surface area (Å²) in [7, 11) is 2.87. The maximum atomic E-state index is 11.2. The van der Waals surface area contributed by atoms with Gasteiger partial charge in [0.05, 0.1) is 19.8 Å². The molecule has 1 rings (SSSR count). The Bertz CT molecular complexity index is 466. The van der Waals surface area contributed by atoms with Crippen molar-refractivity contribution in [3.05, 3.63) is 29.3 Å². The van der Waals surface area contributed by atoms with Crippen LogP contribution in [0, 0.1) is 11.3 Å². The van der Waals surface area contributed by atoms with Crippen molar-refractivity contribution in [3.63, 3.8) is 0 Å². The first-order valence-corrected chi connectivity index (χ1v) is 5.50. The summed E-state index contributed by atoms with van der Waals surface area (Å²) in [5, 5.41) is 11.9. The molecule has 0 aliphatic carbocycles. The molecule has 0 aromatic heterocycles. The molecule has 0 radical (unpaired) electrons. The number of rotatable bonds is 5. The molecule has 1 aromatic rings. The molecule has 1 N–H and O–H groups in total. The highest BCUT2D eigenvalue weighted by Crippen LogP contribution is 2.19. The van der Waals surface area contributed by atoms with Crippen molar-refractivity contribution >= 4 is 5.97 Å². The van der Waals surface area contributed by atoms with Crippen molar-refractivity contribution in [2.24, 2.45) is 0 Å². The highest BCUT2D eigenvalue weighted by Gasteiger charge is 2.12. The molecule has 0 aliphatic heterocycles. The fourth-order valence-electron chi connectivity index (χ4n) is 1.47. The van der Waals surface area contributed by atoms with Gasteiger partial charge in [-0.2, -0.15) is 5.26 Å². The lowest BCUT2D eigenvalue weighted by Gasteiger charge is -2.12. The predicted octanol–water partition coefficient (Wildman–Crippen LogP) is 1.22. The van der Waals surface area contributed by atoms with Crippen LogP contribution in [-0.4, -0.2) is 26.2 Å². The van der Waals surface area contributed by atoms with Crippen LogP contribution in [0.2, 0.25) is 0 Å². The number of hydrogen-bond acceptors (Lipinski definition) is 5. The maximum absolute atomic E-state index is 11.2. The molecule has 1 unspecified atom stereocenters. The maximum Gasteiger partial charge on any atom is 0.322 e. The van der Waals surface area contributed by atoms with Crippen molar-refractivity contribution in [2.45, 2.75) is 19.5 Å². The first-order chi connectivity index (χ1) is 8.62. The van der Waals surface area contributed by atoms with Gasteiger partial charge in [0.25, 0.3) is 0 Å². The average molecular weight is 248 g/mol. The molecule has 18 heavy (non-hydrogen) atoms. The highest BCUT2D eigenvalue weighted by molar-refractivity contribution is 5.75. The van der Waals surface area contributed by atoms with Gasteiger partial charge in [-0.1, -0.05) is 6.07 Å². The second-order valence-electron chi connectivity index (χ2n) is 3.77. The van der Waals surface area contributed by atoms with Gasteiger partial charge in [-0.3, -0.25) is 4.79 Å². The minimum absolute atomic E-state index is 0.310. The van der Waals surface area contributed by atoms with Gasteiger partial charge in [0.2, 0.25) is 0 Å². The van der Waals surface area contributed by atoms with Crippen LogP contribution >= 0.6 is 0 Å². The predicted molar refractivity (Wildman–Crippen MR) is 66.0 cm³/mol. The van der Waals surface area contributed by atoms with E-state index < -0.39 is 0 Å². The number of nitrogens with zero attached hydrogens (tertiary/aromatic N) is 1. The second kappa shape index (κ2) is 6.62. The fourth-order valence-corrected chi connectivity index (χ4v) is 1.47. The largest absolute Gasteiger partial charge is 0.495 e. The van der Waals surface area contributed by atoms with E-state index in [4.69, 9.17) is 10.00 Å². The van der Waals surface area contributed by atoms with Crippen molar-refractivity contribution in [1.29, 1.82) is 5.26 Å². The Morgan fingerprint density at radius 1 is 1.50 bits per heavy atom. The van der Waals surface area contributed by atoms with Gasteiger partial charge in [0.1, 0.15) is 17.9 Å². The van der Waals surface area contributed by atoms with Gasteiger partial charge in [0.15, 0.2) is 0 Å². The molecule has 0 fully saturated rings. The first-order valence-electron chi connectivity index (χ1n) is 5.50. The summed E-state index contributed by atoms with van der Waals surface area (Å²) in [5.74, 6) is 0.220. The smallest absolute Gasteiger partial charge is 0.322 e. The standard InChI is InChI=1S/C13H16N2O3/c1-9(13(16)18-3)15-8-10-4-5-11(7-14)12(6-10)17-2/h4-6,9,15H,8H2,1-3H3. The van der Waals surface area contributed by atoms with Crippen molar-refractivity contribution in [3.8, 4) is 11.8 Å². The molecule has 5 nitrogen and oxygen atoms in total. The third-order valence-corrected chi connectivity index (χ3v) is 2.55. The molecule has 0 heterocycles. The van der Waals surface area contributed by atoms with E-state index in [0.717, 1.165) is 5.56 Å². The van der Waals surface area contributed by atoms with E-state index in [-0.39, 0.29) is 12.0 Å². The van der Waals surface area contributed by atoms with Crippen LogP contribution in [0.25, 0.3) is 0 Å². The average Bonchev–Trinajstić information content (AvgIpc) is 2.43. The molecular weight excluding hydrogens is 232 g/mol. The number of hydrogen-bond donors (Lipinski definition) is 1. The lowest BCUT2D eigenvalue weighted by molar-refractivity contribution is -0.142. The molecule has 0 saturated heterocycles. The van der Waals surface area contributed by atoms with Gasteiger partial charge in [0, 0.05) is 6.54 Å². The van der Waals surface area contributed by atoms with Gasteiger partial charge in [-0.05, 0) is 24.6 Å². The molecule has 1 atom stereocenters. The molecular formula is C13H16N2O3. The molecule has 0 saturated carbocycles. The van der Waals surface area contributed by atoms with Gasteiger partial charge < -0.3 is 14.8 Å². The van der Waals surface area contributed by atoms with E-state index in [2.05, 4.69) is 10.1 Å². The van der Waals surface area contributed by atoms with E-state index in [9.17, 15) is 4.79 Å². The molecule has 0 spiro atoms. The number of esters is 1. The zero-order chi connectivity index (χ0) is 13.5. The number of ether oxygens (including phenoxy) is 2. The van der Waals surface area contributed by atoms with Crippen LogP contribution in [0.4, 0.5) is 0 Å². The Labute approximate surface area is 106 Å². The van der Waals surface area contributed by atoms with Crippen LogP contribution in [-0.2, 0) is 16.1 Å². The number of nitriles is 1. The third-order valence-electron chi connectivity index (χ3n) is 2.55. The summed E-state index contributed by atoms with van der Waals surface area (Å²) in [6, 6.07) is 6.95. The van der Waals surface area contributed by atoms with E-state index >= 15 is 0 Å². The normalized spacial score (nSPS) is 11.4. The monoisotopic (exact) mass is 248 g/mol. The van der Waals surface area contributed by atoms with Gasteiger partial charge in [-0.25, -0.2) is 0 Å². The number of carbonyl (C=O) groups excluding carboxylic acids is 1. The summed E-state index contributed by atoms with van der Waals surface area (Å²) in [6.07, 6.45) is 0. The summed E-state index contributed by atoms with van der Waals surface area (Å²) < 4.78 is 9.72. The molecule has 1 aromatic carbocycles. The number of benzene rings is 1. The van der Waals surface area contributed by atoms with Crippen LogP contribution < -0.4 is 10.1 Å². The van der Waals surface area contributed by atoms with Crippen molar-refractivity contribution in [2.75, 3.05) is 14.2 Å². The minimum atomic E-state index is -0.378. The van der Waals surface area contributed by atoms with E-state index in [0.29, 0.717) is 17.9 Å². The molecule has 0 amide bonds.